The summed E-state index contributed by atoms with van der Waals surface area (Å²) < 4.78 is 13.6. The molecule has 5 heteroatoms. The first-order chi connectivity index (χ1) is 10.1. The van der Waals surface area contributed by atoms with Gasteiger partial charge in [-0.1, -0.05) is 6.07 Å². The molecule has 2 rings (SSSR count). The number of aryl methyl sites for hydroxylation is 1. The molecule has 1 fully saturated rings. The molecule has 122 valence electrons. The quantitative estimate of drug-likeness (QED) is 0.725. The van der Waals surface area contributed by atoms with Gasteiger partial charge in [-0.2, -0.15) is 0 Å². The van der Waals surface area contributed by atoms with Crippen molar-refractivity contribution in [3.63, 3.8) is 0 Å². The van der Waals surface area contributed by atoms with Crippen molar-refractivity contribution in [2.75, 3.05) is 5.32 Å². The Balaban J connectivity index is 1.98. The zero-order chi connectivity index (χ0) is 16.5. The second-order valence-electron chi connectivity index (χ2n) is 7.56. The molecule has 0 spiro atoms. The van der Waals surface area contributed by atoms with Gasteiger partial charge in [0.1, 0.15) is 5.82 Å². The molecule has 1 aromatic rings. The van der Waals surface area contributed by atoms with Crippen LogP contribution in [-0.4, -0.2) is 22.2 Å². The Kier molecular flexibility index (Phi) is 4.78. The smallest absolute Gasteiger partial charge is 0.170 e. The zero-order valence-corrected chi connectivity index (χ0v) is 14.8. The first-order valence-corrected chi connectivity index (χ1v) is 8.10. The third-order valence-corrected chi connectivity index (χ3v) is 4.18. The summed E-state index contributed by atoms with van der Waals surface area (Å²) >= 11 is 5.38. The molecule has 1 saturated heterocycles. The Hall–Kier alpha value is -1.20. The van der Waals surface area contributed by atoms with Crippen LogP contribution in [0.2, 0.25) is 0 Å². The molecular formula is C17H26FN3S. The van der Waals surface area contributed by atoms with Crippen LogP contribution >= 0.6 is 12.2 Å². The summed E-state index contributed by atoms with van der Waals surface area (Å²) in [5.41, 5.74) is 1.43. The van der Waals surface area contributed by atoms with Gasteiger partial charge in [0.2, 0.25) is 0 Å². The fraction of sp³-hybridized carbons (Fsp3) is 0.588. The van der Waals surface area contributed by atoms with E-state index in [1.165, 1.54) is 6.07 Å². The number of anilines is 1. The van der Waals surface area contributed by atoms with Gasteiger partial charge in [-0.25, -0.2) is 4.39 Å². The van der Waals surface area contributed by atoms with E-state index in [1.807, 2.05) is 6.07 Å². The molecule has 0 bridgehead atoms. The van der Waals surface area contributed by atoms with Crippen LogP contribution in [0, 0.1) is 12.7 Å². The van der Waals surface area contributed by atoms with E-state index >= 15 is 0 Å². The lowest BCUT2D eigenvalue weighted by Crippen LogP contribution is -2.62. The molecule has 1 heterocycles. The van der Waals surface area contributed by atoms with Gasteiger partial charge >= 0.3 is 0 Å². The van der Waals surface area contributed by atoms with Gasteiger partial charge in [0.15, 0.2) is 5.11 Å². The molecule has 0 saturated carbocycles. The fourth-order valence-corrected chi connectivity index (χ4v) is 3.73. The van der Waals surface area contributed by atoms with E-state index in [1.54, 1.807) is 13.0 Å². The molecule has 1 aliphatic rings. The van der Waals surface area contributed by atoms with Crippen molar-refractivity contribution in [1.29, 1.82) is 0 Å². The van der Waals surface area contributed by atoms with Crippen LogP contribution in [0.4, 0.5) is 10.1 Å². The van der Waals surface area contributed by atoms with Gasteiger partial charge < -0.3 is 16.0 Å². The highest BCUT2D eigenvalue weighted by Crippen LogP contribution is 2.28. The summed E-state index contributed by atoms with van der Waals surface area (Å²) in [5, 5.41) is 10.6. The maximum absolute atomic E-state index is 13.6. The van der Waals surface area contributed by atoms with Crippen LogP contribution in [0.25, 0.3) is 0 Å². The maximum Gasteiger partial charge on any atom is 0.170 e. The van der Waals surface area contributed by atoms with Crippen LogP contribution in [0.5, 0.6) is 0 Å². The minimum atomic E-state index is -0.225. The highest BCUT2D eigenvalue weighted by molar-refractivity contribution is 7.80. The molecule has 0 unspecified atom stereocenters. The number of hydrogen-bond donors (Lipinski definition) is 3. The van der Waals surface area contributed by atoms with Crippen LogP contribution in [0.3, 0.4) is 0 Å². The zero-order valence-electron chi connectivity index (χ0n) is 14.0. The number of piperidine rings is 1. The molecular weight excluding hydrogens is 297 g/mol. The first-order valence-electron chi connectivity index (χ1n) is 7.69. The van der Waals surface area contributed by atoms with Crippen molar-refractivity contribution in [1.82, 2.24) is 10.6 Å². The lowest BCUT2D eigenvalue weighted by Gasteiger charge is -2.46. The number of rotatable bonds is 2. The molecule has 3 N–H and O–H groups in total. The number of benzene rings is 1. The maximum atomic E-state index is 13.6. The highest BCUT2D eigenvalue weighted by Gasteiger charge is 2.37. The van der Waals surface area contributed by atoms with E-state index in [9.17, 15) is 4.39 Å². The van der Waals surface area contributed by atoms with Gasteiger partial charge in [0.05, 0.1) is 0 Å². The van der Waals surface area contributed by atoms with Crippen LogP contribution in [-0.2, 0) is 0 Å². The molecule has 0 aliphatic carbocycles. The SMILES string of the molecule is Cc1ccc(NC(=S)NC2CC(C)(C)NC(C)(C)C2)cc1F. The average Bonchev–Trinajstić information content (AvgIpc) is 2.29. The van der Waals surface area contributed by atoms with E-state index in [-0.39, 0.29) is 16.9 Å². The standard InChI is InChI=1S/C17H26FN3S/c1-11-6-7-12(8-14(11)18)19-15(22)20-13-9-16(2,3)21-17(4,5)10-13/h6-8,13,21H,9-10H2,1-5H3,(H2,19,20,22). The molecule has 0 atom stereocenters. The Bertz CT molecular complexity index is 553. The number of thiocarbonyl (C=S) groups is 1. The van der Waals surface area contributed by atoms with Crippen molar-refractivity contribution in [3.8, 4) is 0 Å². The third-order valence-electron chi connectivity index (χ3n) is 3.96. The topological polar surface area (TPSA) is 36.1 Å². The Morgan fingerprint density at radius 3 is 2.36 bits per heavy atom. The van der Waals surface area contributed by atoms with Crippen molar-refractivity contribution >= 4 is 23.0 Å². The van der Waals surface area contributed by atoms with Crippen LogP contribution in [0.1, 0.15) is 46.1 Å². The number of nitrogens with one attached hydrogen (secondary N) is 3. The van der Waals surface area contributed by atoms with Crippen molar-refractivity contribution in [2.24, 2.45) is 0 Å². The molecule has 3 nitrogen and oxygen atoms in total. The van der Waals surface area contributed by atoms with Crippen molar-refractivity contribution in [3.05, 3.63) is 29.6 Å². The van der Waals surface area contributed by atoms with E-state index in [2.05, 4.69) is 43.6 Å². The van der Waals surface area contributed by atoms with Crippen molar-refractivity contribution in [2.45, 2.75) is 64.6 Å². The predicted octanol–water partition coefficient (Wildman–Crippen LogP) is 3.73. The molecule has 1 aliphatic heterocycles. The lowest BCUT2D eigenvalue weighted by atomic mass is 9.80. The molecule has 0 radical (unpaired) electrons. The van der Waals surface area contributed by atoms with E-state index in [0.29, 0.717) is 22.4 Å². The summed E-state index contributed by atoms with van der Waals surface area (Å²) in [6.07, 6.45) is 1.97. The third kappa shape index (κ3) is 4.65. The summed E-state index contributed by atoms with van der Waals surface area (Å²) in [5.74, 6) is -0.225. The first kappa shape index (κ1) is 17.2. The van der Waals surface area contributed by atoms with Crippen molar-refractivity contribution < 1.29 is 4.39 Å². The minimum absolute atomic E-state index is 0.0605. The predicted molar refractivity (Wildman–Crippen MR) is 94.8 cm³/mol. The highest BCUT2D eigenvalue weighted by atomic mass is 32.1. The summed E-state index contributed by atoms with van der Waals surface area (Å²) in [4.78, 5) is 0. The monoisotopic (exact) mass is 323 g/mol. The lowest BCUT2D eigenvalue weighted by molar-refractivity contribution is 0.156. The van der Waals surface area contributed by atoms with Gasteiger partial charge in [0.25, 0.3) is 0 Å². The Morgan fingerprint density at radius 1 is 1.23 bits per heavy atom. The van der Waals surface area contributed by atoms with Gasteiger partial charge in [-0.05, 0) is 77.4 Å². The fourth-order valence-electron chi connectivity index (χ4n) is 3.45. The minimum Gasteiger partial charge on any atom is -0.360 e. The van der Waals surface area contributed by atoms with E-state index in [0.717, 1.165) is 12.8 Å². The molecule has 22 heavy (non-hydrogen) atoms. The van der Waals surface area contributed by atoms with Crippen LogP contribution in [0.15, 0.2) is 18.2 Å². The van der Waals surface area contributed by atoms with Gasteiger partial charge in [-0.3, -0.25) is 0 Å². The molecule has 1 aromatic carbocycles. The second-order valence-corrected chi connectivity index (χ2v) is 7.97. The largest absolute Gasteiger partial charge is 0.360 e. The van der Waals surface area contributed by atoms with Gasteiger partial charge in [-0.15, -0.1) is 0 Å². The number of hydrogen-bond acceptors (Lipinski definition) is 2. The summed E-state index contributed by atoms with van der Waals surface area (Å²) in [6, 6.07) is 5.35. The summed E-state index contributed by atoms with van der Waals surface area (Å²) in [6.45, 7) is 10.6. The number of halogens is 1. The molecule has 0 aromatic heterocycles. The van der Waals surface area contributed by atoms with E-state index < -0.39 is 0 Å². The van der Waals surface area contributed by atoms with Crippen LogP contribution < -0.4 is 16.0 Å². The second kappa shape index (κ2) is 6.13. The Labute approximate surface area is 138 Å². The summed E-state index contributed by atoms with van der Waals surface area (Å²) in [7, 11) is 0. The average molecular weight is 323 g/mol. The molecule has 0 amide bonds. The van der Waals surface area contributed by atoms with Gasteiger partial charge in [0, 0.05) is 22.8 Å². The normalized spacial score (nSPS) is 20.5. The Morgan fingerprint density at radius 2 is 1.82 bits per heavy atom. The van der Waals surface area contributed by atoms with E-state index in [4.69, 9.17) is 12.2 Å².